The van der Waals surface area contributed by atoms with E-state index in [1.807, 2.05) is 54.6 Å². The Balaban J connectivity index is 1.76. The van der Waals surface area contributed by atoms with Gasteiger partial charge in [-0.05, 0) is 17.3 Å². The fraction of sp³-hybridized carbons (Fsp3) is 0.118. The maximum Gasteiger partial charge on any atom is 0.251 e. The standard InChI is InChI=1S/C17H14N6O/c18-11-12-22(15-9-5-2-6-10-15)16(24)13-23-20-17(19-21-23)14-7-3-1-4-8-14/h1-10H,12-13H2. The van der Waals surface area contributed by atoms with E-state index in [0.29, 0.717) is 11.5 Å². The third-order valence-corrected chi connectivity index (χ3v) is 3.36. The predicted octanol–water partition coefficient (Wildman–Crippen LogP) is 1.90. The minimum atomic E-state index is -0.278. The van der Waals surface area contributed by atoms with E-state index in [1.54, 1.807) is 12.1 Å². The van der Waals surface area contributed by atoms with Gasteiger partial charge in [0.2, 0.25) is 5.82 Å². The highest BCUT2D eigenvalue weighted by molar-refractivity contribution is 5.93. The number of tetrazole rings is 1. The molecule has 0 bridgehead atoms. The number of para-hydroxylation sites is 1. The Morgan fingerprint density at radius 2 is 1.75 bits per heavy atom. The van der Waals surface area contributed by atoms with Crippen molar-refractivity contribution in [2.24, 2.45) is 0 Å². The Morgan fingerprint density at radius 1 is 1.08 bits per heavy atom. The minimum absolute atomic E-state index is 0.0386. The summed E-state index contributed by atoms with van der Waals surface area (Å²) in [5.41, 5.74) is 1.49. The van der Waals surface area contributed by atoms with E-state index in [4.69, 9.17) is 5.26 Å². The quantitative estimate of drug-likeness (QED) is 0.670. The van der Waals surface area contributed by atoms with Crippen LogP contribution >= 0.6 is 0 Å². The van der Waals surface area contributed by atoms with E-state index < -0.39 is 0 Å². The SMILES string of the molecule is N#CCN(C(=O)Cn1nnc(-c2ccccc2)n1)c1ccccc1. The first-order valence-corrected chi connectivity index (χ1v) is 7.33. The number of rotatable bonds is 5. The molecule has 1 aromatic heterocycles. The third-order valence-electron chi connectivity index (χ3n) is 3.36. The van der Waals surface area contributed by atoms with Crippen LogP contribution in [0.3, 0.4) is 0 Å². The second-order valence-electron chi connectivity index (χ2n) is 4.98. The number of amides is 1. The van der Waals surface area contributed by atoms with Crippen LogP contribution in [0, 0.1) is 11.3 Å². The van der Waals surface area contributed by atoms with Crippen LogP contribution in [-0.4, -0.2) is 32.7 Å². The molecule has 0 fully saturated rings. The van der Waals surface area contributed by atoms with Crippen molar-refractivity contribution >= 4 is 11.6 Å². The van der Waals surface area contributed by atoms with Crippen molar-refractivity contribution in [3.05, 3.63) is 60.7 Å². The number of nitrogens with zero attached hydrogens (tertiary/aromatic N) is 6. The van der Waals surface area contributed by atoms with Gasteiger partial charge in [-0.3, -0.25) is 9.69 Å². The number of anilines is 1. The van der Waals surface area contributed by atoms with Gasteiger partial charge in [-0.2, -0.15) is 10.1 Å². The average molecular weight is 318 g/mol. The van der Waals surface area contributed by atoms with Crippen LogP contribution in [0.1, 0.15) is 0 Å². The van der Waals surface area contributed by atoms with Crippen molar-refractivity contribution in [2.75, 3.05) is 11.4 Å². The fourth-order valence-electron chi connectivity index (χ4n) is 2.22. The van der Waals surface area contributed by atoms with Crippen LogP contribution < -0.4 is 4.90 Å². The molecule has 0 N–H and O–H groups in total. The van der Waals surface area contributed by atoms with Crippen LogP contribution in [0.15, 0.2) is 60.7 Å². The van der Waals surface area contributed by atoms with Gasteiger partial charge < -0.3 is 0 Å². The molecule has 0 radical (unpaired) electrons. The van der Waals surface area contributed by atoms with Crippen LogP contribution in [0.2, 0.25) is 0 Å². The summed E-state index contributed by atoms with van der Waals surface area (Å²) in [4.78, 5) is 15.1. The topological polar surface area (TPSA) is 87.7 Å². The molecule has 3 rings (SSSR count). The van der Waals surface area contributed by atoms with Crippen LogP contribution in [0.25, 0.3) is 11.4 Å². The average Bonchev–Trinajstić information content (AvgIpc) is 3.09. The maximum atomic E-state index is 12.5. The monoisotopic (exact) mass is 318 g/mol. The molecule has 0 spiro atoms. The van der Waals surface area contributed by atoms with Gasteiger partial charge in [-0.15, -0.1) is 10.2 Å². The largest absolute Gasteiger partial charge is 0.297 e. The molecule has 7 nitrogen and oxygen atoms in total. The smallest absolute Gasteiger partial charge is 0.251 e. The lowest BCUT2D eigenvalue weighted by Crippen LogP contribution is -2.34. The molecule has 7 heteroatoms. The van der Waals surface area contributed by atoms with Crippen molar-refractivity contribution in [2.45, 2.75) is 6.54 Å². The molecule has 0 aliphatic carbocycles. The second-order valence-corrected chi connectivity index (χ2v) is 4.98. The number of carbonyl (C=O) groups is 1. The minimum Gasteiger partial charge on any atom is -0.297 e. The van der Waals surface area contributed by atoms with Crippen molar-refractivity contribution in [1.82, 2.24) is 20.2 Å². The fourth-order valence-corrected chi connectivity index (χ4v) is 2.22. The number of nitriles is 1. The first kappa shape index (κ1) is 15.4. The number of carbonyl (C=O) groups excluding carboxylic acids is 1. The van der Waals surface area contributed by atoms with Gasteiger partial charge >= 0.3 is 0 Å². The van der Waals surface area contributed by atoms with Gasteiger partial charge in [0, 0.05) is 11.3 Å². The van der Waals surface area contributed by atoms with Crippen LogP contribution in [-0.2, 0) is 11.3 Å². The second kappa shape index (κ2) is 7.15. The molecule has 0 saturated heterocycles. The van der Waals surface area contributed by atoms with Gasteiger partial charge in [0.25, 0.3) is 5.91 Å². The Morgan fingerprint density at radius 3 is 2.42 bits per heavy atom. The molecule has 0 aliphatic rings. The Bertz CT molecular complexity index is 854. The lowest BCUT2D eigenvalue weighted by atomic mass is 10.2. The van der Waals surface area contributed by atoms with Gasteiger partial charge in [0.1, 0.15) is 13.1 Å². The predicted molar refractivity (Wildman–Crippen MR) is 87.7 cm³/mol. The summed E-state index contributed by atoms with van der Waals surface area (Å²) in [5, 5.41) is 21.1. The molecule has 0 unspecified atom stereocenters. The zero-order valence-corrected chi connectivity index (χ0v) is 12.8. The Hall–Kier alpha value is -3.53. The summed E-state index contributed by atoms with van der Waals surface area (Å²) in [6.45, 7) is -0.126. The molecular weight excluding hydrogens is 304 g/mol. The summed E-state index contributed by atoms with van der Waals surface area (Å²) in [6, 6.07) is 20.4. The molecule has 1 amide bonds. The van der Waals surface area contributed by atoms with Gasteiger partial charge in [-0.25, -0.2) is 0 Å². The van der Waals surface area contributed by atoms with Crippen LogP contribution in [0.5, 0.6) is 0 Å². The Kier molecular flexibility index (Phi) is 4.58. The van der Waals surface area contributed by atoms with Gasteiger partial charge in [0.15, 0.2) is 0 Å². The number of hydrogen-bond acceptors (Lipinski definition) is 5. The third kappa shape index (κ3) is 3.44. The van der Waals surface area contributed by atoms with Crippen molar-refractivity contribution in [3.8, 4) is 17.5 Å². The van der Waals surface area contributed by atoms with E-state index in [2.05, 4.69) is 15.4 Å². The number of benzene rings is 2. The Labute approximate surface area is 138 Å². The molecule has 0 atom stereocenters. The zero-order chi connectivity index (χ0) is 16.8. The highest BCUT2D eigenvalue weighted by atomic mass is 16.2. The molecule has 1 heterocycles. The normalized spacial score (nSPS) is 10.1. The molecule has 0 aliphatic heterocycles. The molecule has 0 saturated carbocycles. The van der Waals surface area contributed by atoms with Crippen LogP contribution in [0.4, 0.5) is 5.69 Å². The van der Waals surface area contributed by atoms with Gasteiger partial charge in [-0.1, -0.05) is 48.5 Å². The van der Waals surface area contributed by atoms with E-state index >= 15 is 0 Å². The summed E-state index contributed by atoms with van der Waals surface area (Å²) in [6.07, 6.45) is 0. The van der Waals surface area contributed by atoms with E-state index in [0.717, 1.165) is 5.56 Å². The maximum absolute atomic E-state index is 12.5. The number of aromatic nitrogens is 4. The van der Waals surface area contributed by atoms with Crippen molar-refractivity contribution in [3.63, 3.8) is 0 Å². The first-order chi connectivity index (χ1) is 11.8. The first-order valence-electron chi connectivity index (χ1n) is 7.33. The zero-order valence-electron chi connectivity index (χ0n) is 12.8. The highest BCUT2D eigenvalue weighted by Gasteiger charge is 2.17. The number of hydrogen-bond donors (Lipinski definition) is 0. The molecule has 2 aromatic carbocycles. The summed E-state index contributed by atoms with van der Waals surface area (Å²) in [5.74, 6) is 0.176. The summed E-state index contributed by atoms with van der Waals surface area (Å²) < 4.78 is 0. The van der Waals surface area contributed by atoms with Crippen molar-refractivity contribution in [1.29, 1.82) is 5.26 Å². The molecular formula is C17H14N6O. The van der Waals surface area contributed by atoms with Gasteiger partial charge in [0.05, 0.1) is 6.07 Å². The van der Waals surface area contributed by atoms with Crippen molar-refractivity contribution < 1.29 is 4.79 Å². The summed E-state index contributed by atoms with van der Waals surface area (Å²) >= 11 is 0. The van der Waals surface area contributed by atoms with E-state index in [-0.39, 0.29) is 19.0 Å². The van der Waals surface area contributed by atoms with E-state index in [9.17, 15) is 4.79 Å². The molecule has 3 aromatic rings. The van der Waals surface area contributed by atoms with E-state index in [1.165, 1.54) is 9.70 Å². The highest BCUT2D eigenvalue weighted by Crippen LogP contribution is 2.14. The molecule has 24 heavy (non-hydrogen) atoms. The summed E-state index contributed by atoms with van der Waals surface area (Å²) in [7, 11) is 0. The lowest BCUT2D eigenvalue weighted by Gasteiger charge is -2.19. The lowest BCUT2D eigenvalue weighted by molar-refractivity contribution is -0.119. The molecule has 118 valence electrons.